The fraction of sp³-hybridized carbons (Fsp3) is 0.412. The van der Waals surface area contributed by atoms with E-state index in [-0.39, 0.29) is 12.1 Å². The van der Waals surface area contributed by atoms with Crippen molar-refractivity contribution in [3.05, 3.63) is 34.8 Å². The van der Waals surface area contributed by atoms with Gasteiger partial charge in [0.05, 0.1) is 33.0 Å². The van der Waals surface area contributed by atoms with Gasteiger partial charge in [0, 0.05) is 41.7 Å². The van der Waals surface area contributed by atoms with E-state index in [1.54, 1.807) is 24.2 Å². The molecule has 152 valence electrons. The van der Waals surface area contributed by atoms with E-state index in [2.05, 4.69) is 25.8 Å². The number of thiophene rings is 1. The second-order valence-corrected chi connectivity index (χ2v) is 10.2. The van der Waals surface area contributed by atoms with Gasteiger partial charge in [0.25, 0.3) is 0 Å². The Hall–Kier alpha value is -1.55. The lowest BCUT2D eigenvalue weighted by molar-refractivity contribution is 0.174. The fourth-order valence-corrected chi connectivity index (χ4v) is 4.90. The zero-order valence-corrected chi connectivity index (χ0v) is 18.6. The summed E-state index contributed by atoms with van der Waals surface area (Å²) in [5.74, 6) is 0. The number of hydrogen-bond acceptors (Lipinski definition) is 5. The molecule has 7 nitrogen and oxygen atoms in total. The van der Waals surface area contributed by atoms with Gasteiger partial charge in [-0.15, -0.1) is 11.3 Å². The topological polar surface area (TPSA) is 82.6 Å². The van der Waals surface area contributed by atoms with E-state index in [1.165, 1.54) is 21.9 Å². The molecule has 0 spiro atoms. The molecule has 4 radical (unpaired) electrons. The van der Waals surface area contributed by atoms with Crippen LogP contribution in [-0.4, -0.2) is 76.5 Å². The standard InChI is InChI=1S/C17H21ClN4O3S2.B2/c1-21(13-7-9-22(10-8-13)27(2,24)25)17(23)20-12-3-4-14(19-11-12)15-5-6-16(18)26-15;1-2/h3-6,11,13H,7-10H2,1-2H3,(H,20,23);. The molecule has 0 aliphatic carbocycles. The van der Waals surface area contributed by atoms with Crippen molar-refractivity contribution in [1.82, 2.24) is 14.2 Å². The molecule has 12 heteroatoms. The molecule has 1 fully saturated rings. The van der Waals surface area contributed by atoms with Crippen LogP contribution < -0.4 is 5.32 Å². The summed E-state index contributed by atoms with van der Waals surface area (Å²) in [4.78, 5) is 19.5. The van der Waals surface area contributed by atoms with Crippen molar-refractivity contribution in [3.8, 4) is 10.6 Å². The molecule has 1 aliphatic rings. The number of sulfonamides is 1. The molecule has 1 N–H and O–H groups in total. The number of carbonyl (C=O) groups excluding carboxylic acids is 1. The second kappa shape index (κ2) is 10.5. The maximum Gasteiger partial charge on any atom is 0.321 e. The Morgan fingerprint density at radius 1 is 1.28 bits per heavy atom. The van der Waals surface area contributed by atoms with Crippen LogP contribution in [0.2, 0.25) is 4.34 Å². The minimum atomic E-state index is -3.17. The summed E-state index contributed by atoms with van der Waals surface area (Å²) in [5, 5.41) is 2.83. The number of carbonyl (C=O) groups is 1. The van der Waals surface area contributed by atoms with Gasteiger partial charge in [-0.1, -0.05) is 11.6 Å². The van der Waals surface area contributed by atoms with Gasteiger partial charge in [-0.25, -0.2) is 17.5 Å². The molecule has 0 unspecified atom stereocenters. The lowest BCUT2D eigenvalue weighted by atomic mass is 9.81. The minimum Gasteiger partial charge on any atom is -0.325 e. The average molecular weight is 451 g/mol. The Morgan fingerprint density at radius 3 is 2.41 bits per heavy atom. The van der Waals surface area contributed by atoms with Crippen LogP contribution >= 0.6 is 22.9 Å². The molecule has 0 aromatic carbocycles. The number of hydrogen-bond donors (Lipinski definition) is 1. The maximum atomic E-state index is 12.5. The largest absolute Gasteiger partial charge is 0.325 e. The fourth-order valence-electron chi connectivity index (χ4n) is 3.00. The van der Waals surface area contributed by atoms with Crippen LogP contribution in [-0.2, 0) is 10.0 Å². The van der Waals surface area contributed by atoms with E-state index in [9.17, 15) is 13.2 Å². The number of nitrogens with zero attached hydrogens (tertiary/aromatic N) is 3. The van der Waals surface area contributed by atoms with E-state index in [4.69, 9.17) is 11.6 Å². The van der Waals surface area contributed by atoms with E-state index < -0.39 is 10.0 Å². The smallest absolute Gasteiger partial charge is 0.321 e. The summed E-state index contributed by atoms with van der Waals surface area (Å²) < 4.78 is 25.3. The molecule has 0 saturated carbocycles. The average Bonchev–Trinajstić information content (AvgIpc) is 3.15. The molecule has 1 saturated heterocycles. The molecule has 29 heavy (non-hydrogen) atoms. The number of nitrogens with one attached hydrogen (secondary N) is 1. The zero-order valence-electron chi connectivity index (χ0n) is 16.2. The predicted octanol–water partition coefficient (Wildman–Crippen LogP) is 2.59. The molecule has 3 heterocycles. The van der Waals surface area contributed by atoms with Crippen LogP contribution in [0.25, 0.3) is 10.6 Å². The Bertz CT molecular complexity index is 917. The number of aromatic nitrogens is 1. The number of piperidine rings is 1. The molecular formula is C17H21B2ClN4O3S2. The number of amides is 2. The van der Waals surface area contributed by atoms with Crippen LogP contribution in [0.4, 0.5) is 10.5 Å². The van der Waals surface area contributed by atoms with Crippen molar-refractivity contribution in [2.75, 3.05) is 31.7 Å². The Labute approximate surface area is 183 Å². The van der Waals surface area contributed by atoms with Crippen molar-refractivity contribution in [2.24, 2.45) is 0 Å². The van der Waals surface area contributed by atoms with Gasteiger partial charge in [-0.2, -0.15) is 0 Å². The maximum absolute atomic E-state index is 12.5. The van der Waals surface area contributed by atoms with Crippen molar-refractivity contribution < 1.29 is 13.2 Å². The molecule has 0 atom stereocenters. The third-order valence-corrected chi connectivity index (χ3v) is 7.16. The van der Waals surface area contributed by atoms with Crippen LogP contribution in [0, 0.1) is 0 Å². The second-order valence-electron chi connectivity index (χ2n) is 6.47. The number of rotatable bonds is 4. The number of pyridine rings is 1. The van der Waals surface area contributed by atoms with Crippen LogP contribution in [0.3, 0.4) is 0 Å². The monoisotopic (exact) mass is 450 g/mol. The summed E-state index contributed by atoms with van der Waals surface area (Å²) in [6.45, 7) is 0.863. The Balaban J connectivity index is 0.00000145. The number of halogens is 1. The van der Waals surface area contributed by atoms with E-state index >= 15 is 0 Å². The first-order valence-corrected chi connectivity index (χ1v) is 11.8. The van der Waals surface area contributed by atoms with Gasteiger partial charge in [0.2, 0.25) is 10.0 Å². The SMILES string of the molecule is CN(C(=O)Nc1ccc(-c2ccc(Cl)s2)nc1)C1CCN(S(C)(=O)=O)CC1.[B][B]. The summed E-state index contributed by atoms with van der Waals surface area (Å²) in [7, 11) is 6.56. The zero-order chi connectivity index (χ0) is 21.6. The van der Waals surface area contributed by atoms with E-state index in [1.807, 2.05) is 18.2 Å². The first-order valence-electron chi connectivity index (χ1n) is 8.78. The predicted molar refractivity (Wildman–Crippen MR) is 120 cm³/mol. The first kappa shape index (κ1) is 23.7. The quantitative estimate of drug-likeness (QED) is 0.726. The third kappa shape index (κ3) is 6.47. The van der Waals surface area contributed by atoms with Crippen LogP contribution in [0.1, 0.15) is 12.8 Å². The molecule has 2 aromatic heterocycles. The molecule has 2 amide bonds. The highest BCUT2D eigenvalue weighted by Gasteiger charge is 2.29. The first-order chi connectivity index (χ1) is 13.7. The van der Waals surface area contributed by atoms with Gasteiger partial charge < -0.3 is 10.2 Å². The molecule has 3 rings (SSSR count). The highest BCUT2D eigenvalue weighted by atomic mass is 35.5. The normalized spacial score (nSPS) is 15.3. The summed E-state index contributed by atoms with van der Waals surface area (Å²) in [5.41, 5.74) is 1.40. The van der Waals surface area contributed by atoms with Gasteiger partial charge >= 0.3 is 6.03 Å². The number of urea groups is 1. The summed E-state index contributed by atoms with van der Waals surface area (Å²) in [6.07, 6.45) is 4.06. The van der Waals surface area contributed by atoms with Crippen LogP contribution in [0.5, 0.6) is 0 Å². The molecule has 1 aliphatic heterocycles. The van der Waals surface area contributed by atoms with E-state index in [0.717, 1.165) is 10.6 Å². The van der Waals surface area contributed by atoms with E-state index in [0.29, 0.717) is 36.0 Å². The van der Waals surface area contributed by atoms with Crippen molar-refractivity contribution in [3.63, 3.8) is 0 Å². The lowest BCUT2D eigenvalue weighted by Gasteiger charge is -2.35. The van der Waals surface area contributed by atoms with Crippen molar-refractivity contribution in [1.29, 1.82) is 0 Å². The Kier molecular flexibility index (Phi) is 8.57. The molecule has 0 bridgehead atoms. The third-order valence-electron chi connectivity index (χ3n) is 4.60. The summed E-state index contributed by atoms with van der Waals surface area (Å²) in [6, 6.07) is 7.13. The van der Waals surface area contributed by atoms with Crippen molar-refractivity contribution >= 4 is 60.2 Å². The van der Waals surface area contributed by atoms with Gasteiger partial charge in [0.15, 0.2) is 0 Å². The van der Waals surface area contributed by atoms with Gasteiger partial charge in [0.1, 0.15) is 0 Å². The van der Waals surface area contributed by atoms with Gasteiger partial charge in [-0.05, 0) is 37.1 Å². The number of anilines is 1. The Morgan fingerprint density at radius 2 is 1.93 bits per heavy atom. The summed E-state index contributed by atoms with van der Waals surface area (Å²) >= 11 is 7.39. The highest BCUT2D eigenvalue weighted by Crippen LogP contribution is 2.30. The lowest BCUT2D eigenvalue weighted by Crippen LogP contribution is -2.48. The molecular weight excluding hydrogens is 429 g/mol. The minimum absolute atomic E-state index is 0.00323. The molecule has 2 aromatic rings. The van der Waals surface area contributed by atoms with Crippen LogP contribution in [0.15, 0.2) is 30.5 Å². The van der Waals surface area contributed by atoms with Crippen molar-refractivity contribution in [2.45, 2.75) is 18.9 Å². The van der Waals surface area contributed by atoms with Gasteiger partial charge in [-0.3, -0.25) is 4.98 Å². The highest BCUT2D eigenvalue weighted by molar-refractivity contribution is 7.88.